The second-order valence-corrected chi connectivity index (χ2v) is 4.58. The first-order chi connectivity index (χ1) is 7.81. The van der Waals surface area contributed by atoms with Gasteiger partial charge in [-0.2, -0.15) is 5.26 Å². The van der Waals surface area contributed by atoms with Crippen LogP contribution in [0.25, 0.3) is 11.1 Å². The molecule has 1 saturated carbocycles. The Morgan fingerprint density at radius 2 is 2.31 bits per heavy atom. The molecule has 0 aliphatic heterocycles. The summed E-state index contributed by atoms with van der Waals surface area (Å²) in [4.78, 5) is 4.08. The van der Waals surface area contributed by atoms with Crippen LogP contribution in [0.15, 0.2) is 29.0 Å². The van der Waals surface area contributed by atoms with Crippen LogP contribution in [0.1, 0.15) is 24.8 Å². The van der Waals surface area contributed by atoms with E-state index in [4.69, 9.17) is 4.42 Å². The van der Waals surface area contributed by atoms with E-state index in [0.29, 0.717) is 0 Å². The minimum Gasteiger partial charge on any atom is -0.443 e. The summed E-state index contributed by atoms with van der Waals surface area (Å²) in [7, 11) is 0. The number of aromatic nitrogens is 1. The molecule has 0 atom stereocenters. The van der Waals surface area contributed by atoms with Gasteiger partial charge in [-0.15, -0.1) is 0 Å². The van der Waals surface area contributed by atoms with Crippen LogP contribution in [0.3, 0.4) is 0 Å². The molecule has 1 aliphatic rings. The summed E-state index contributed by atoms with van der Waals surface area (Å²) in [6.07, 6.45) is 5.52. The molecular formula is C13H12N2O. The number of nitriles is 1. The van der Waals surface area contributed by atoms with Crippen LogP contribution >= 0.6 is 0 Å². The molecule has 2 aromatic rings. The summed E-state index contributed by atoms with van der Waals surface area (Å²) in [5.41, 5.74) is 2.74. The highest BCUT2D eigenvalue weighted by Gasteiger charge is 2.37. The molecule has 0 spiro atoms. The van der Waals surface area contributed by atoms with Crippen molar-refractivity contribution in [3.63, 3.8) is 0 Å². The Morgan fingerprint density at radius 3 is 3.00 bits per heavy atom. The number of benzene rings is 1. The van der Waals surface area contributed by atoms with E-state index < -0.39 is 0 Å². The Balaban J connectivity index is 1.92. The molecule has 1 aliphatic carbocycles. The van der Waals surface area contributed by atoms with Crippen LogP contribution in [-0.2, 0) is 6.42 Å². The highest BCUT2D eigenvalue weighted by molar-refractivity contribution is 5.72. The van der Waals surface area contributed by atoms with E-state index in [1.54, 1.807) is 0 Å². The molecule has 1 aromatic carbocycles. The molecule has 1 aromatic heterocycles. The number of nitrogens with zero attached hydrogens (tertiary/aromatic N) is 2. The molecule has 3 rings (SSSR count). The summed E-state index contributed by atoms with van der Waals surface area (Å²) in [5, 5.41) is 9.19. The predicted molar refractivity (Wildman–Crippen MR) is 59.6 cm³/mol. The third-order valence-electron chi connectivity index (χ3n) is 3.49. The van der Waals surface area contributed by atoms with Gasteiger partial charge in [0.15, 0.2) is 12.0 Å². The van der Waals surface area contributed by atoms with Crippen molar-refractivity contribution < 1.29 is 4.42 Å². The molecule has 0 saturated heterocycles. The normalized spacial score (nSPS) is 17.9. The Kier molecular flexibility index (Phi) is 1.97. The lowest BCUT2D eigenvalue weighted by Crippen LogP contribution is -2.29. The van der Waals surface area contributed by atoms with Crippen molar-refractivity contribution in [2.45, 2.75) is 25.7 Å². The van der Waals surface area contributed by atoms with Gasteiger partial charge in [-0.25, -0.2) is 4.98 Å². The zero-order valence-corrected chi connectivity index (χ0v) is 8.94. The summed E-state index contributed by atoms with van der Waals surface area (Å²) >= 11 is 0. The van der Waals surface area contributed by atoms with E-state index in [0.717, 1.165) is 30.4 Å². The maximum atomic E-state index is 9.19. The number of hydrogen-bond donors (Lipinski definition) is 0. The van der Waals surface area contributed by atoms with Gasteiger partial charge in [0.1, 0.15) is 5.52 Å². The minimum absolute atomic E-state index is 0.117. The van der Waals surface area contributed by atoms with E-state index >= 15 is 0 Å². The molecular weight excluding hydrogens is 200 g/mol. The number of hydrogen-bond acceptors (Lipinski definition) is 3. The lowest BCUT2D eigenvalue weighted by molar-refractivity contribution is 0.214. The van der Waals surface area contributed by atoms with Crippen LogP contribution in [0, 0.1) is 16.7 Å². The SMILES string of the molecule is N#CC1(Cc2ccc3ncoc3c2)CCC1. The molecule has 80 valence electrons. The quantitative estimate of drug-likeness (QED) is 0.768. The predicted octanol–water partition coefficient (Wildman–Crippen LogP) is 3.06. The van der Waals surface area contributed by atoms with Crippen molar-refractivity contribution >= 4 is 11.1 Å². The van der Waals surface area contributed by atoms with Gasteiger partial charge in [-0.05, 0) is 37.0 Å². The first kappa shape index (κ1) is 9.41. The summed E-state index contributed by atoms with van der Waals surface area (Å²) in [6.45, 7) is 0. The molecule has 16 heavy (non-hydrogen) atoms. The lowest BCUT2D eigenvalue weighted by atomic mass is 9.66. The summed E-state index contributed by atoms with van der Waals surface area (Å²) in [5.74, 6) is 0. The number of fused-ring (bicyclic) bond motifs is 1. The van der Waals surface area contributed by atoms with Gasteiger partial charge in [0.2, 0.25) is 0 Å². The van der Waals surface area contributed by atoms with Crippen molar-refractivity contribution in [1.29, 1.82) is 5.26 Å². The average molecular weight is 212 g/mol. The van der Waals surface area contributed by atoms with Gasteiger partial charge in [0.25, 0.3) is 0 Å². The molecule has 3 nitrogen and oxygen atoms in total. The van der Waals surface area contributed by atoms with Crippen molar-refractivity contribution in [3.8, 4) is 6.07 Å². The van der Waals surface area contributed by atoms with Crippen LogP contribution in [-0.4, -0.2) is 4.98 Å². The Hall–Kier alpha value is -1.82. The van der Waals surface area contributed by atoms with E-state index in [9.17, 15) is 5.26 Å². The van der Waals surface area contributed by atoms with E-state index in [2.05, 4.69) is 11.1 Å². The van der Waals surface area contributed by atoms with Gasteiger partial charge in [0.05, 0.1) is 11.5 Å². The number of rotatable bonds is 2. The third kappa shape index (κ3) is 1.38. The molecule has 0 unspecified atom stereocenters. The monoisotopic (exact) mass is 212 g/mol. The molecule has 1 heterocycles. The largest absolute Gasteiger partial charge is 0.443 e. The fourth-order valence-electron chi connectivity index (χ4n) is 2.33. The second-order valence-electron chi connectivity index (χ2n) is 4.58. The van der Waals surface area contributed by atoms with E-state index in [1.165, 1.54) is 18.4 Å². The molecule has 0 bridgehead atoms. The van der Waals surface area contributed by atoms with Crippen LogP contribution in [0.4, 0.5) is 0 Å². The van der Waals surface area contributed by atoms with Crippen molar-refractivity contribution in [2.75, 3.05) is 0 Å². The lowest BCUT2D eigenvalue weighted by Gasteiger charge is -2.35. The topological polar surface area (TPSA) is 49.8 Å². The van der Waals surface area contributed by atoms with Gasteiger partial charge in [-0.3, -0.25) is 0 Å². The number of oxazole rings is 1. The molecule has 0 radical (unpaired) electrons. The highest BCUT2D eigenvalue weighted by atomic mass is 16.3. The average Bonchev–Trinajstić information content (AvgIpc) is 2.70. The smallest absolute Gasteiger partial charge is 0.181 e. The summed E-state index contributed by atoms with van der Waals surface area (Å²) in [6, 6.07) is 8.46. The van der Waals surface area contributed by atoms with E-state index in [-0.39, 0.29) is 5.41 Å². The molecule has 1 fully saturated rings. The first-order valence-corrected chi connectivity index (χ1v) is 5.55. The maximum absolute atomic E-state index is 9.19. The fourth-order valence-corrected chi connectivity index (χ4v) is 2.33. The van der Waals surface area contributed by atoms with Crippen LogP contribution in [0.2, 0.25) is 0 Å². The minimum atomic E-state index is -0.117. The van der Waals surface area contributed by atoms with Gasteiger partial charge in [0, 0.05) is 0 Å². The Bertz CT molecular complexity index is 561. The third-order valence-corrected chi connectivity index (χ3v) is 3.49. The molecule has 0 N–H and O–H groups in total. The Morgan fingerprint density at radius 1 is 1.44 bits per heavy atom. The maximum Gasteiger partial charge on any atom is 0.181 e. The highest BCUT2D eigenvalue weighted by Crippen LogP contribution is 2.43. The van der Waals surface area contributed by atoms with Gasteiger partial charge < -0.3 is 4.42 Å². The van der Waals surface area contributed by atoms with Crippen molar-refractivity contribution in [3.05, 3.63) is 30.2 Å². The zero-order valence-electron chi connectivity index (χ0n) is 8.94. The molecule has 0 amide bonds. The van der Waals surface area contributed by atoms with E-state index in [1.807, 2.05) is 18.2 Å². The van der Waals surface area contributed by atoms with Gasteiger partial charge >= 0.3 is 0 Å². The second kappa shape index (κ2) is 3.34. The first-order valence-electron chi connectivity index (χ1n) is 5.55. The summed E-state index contributed by atoms with van der Waals surface area (Å²) < 4.78 is 5.26. The molecule has 3 heteroatoms. The van der Waals surface area contributed by atoms with Crippen LogP contribution in [0.5, 0.6) is 0 Å². The standard InChI is InChI=1S/C13H12N2O/c14-8-13(4-1-5-13)7-10-2-3-11-12(6-10)16-9-15-11/h2-3,6,9H,1,4-5,7H2. The van der Waals surface area contributed by atoms with Crippen molar-refractivity contribution in [2.24, 2.45) is 5.41 Å². The Labute approximate surface area is 93.7 Å². The van der Waals surface area contributed by atoms with Crippen LogP contribution < -0.4 is 0 Å². The van der Waals surface area contributed by atoms with Crippen molar-refractivity contribution in [1.82, 2.24) is 4.98 Å². The fraction of sp³-hybridized carbons (Fsp3) is 0.385. The zero-order chi connectivity index (χ0) is 11.0. The van der Waals surface area contributed by atoms with Gasteiger partial charge in [-0.1, -0.05) is 12.5 Å².